The van der Waals surface area contributed by atoms with Crippen molar-refractivity contribution in [3.8, 4) is 0 Å². The highest BCUT2D eigenvalue weighted by molar-refractivity contribution is 7.99. The van der Waals surface area contributed by atoms with Crippen molar-refractivity contribution in [3.63, 3.8) is 0 Å². The van der Waals surface area contributed by atoms with Crippen LogP contribution in [0.4, 0.5) is 10.5 Å². The van der Waals surface area contributed by atoms with E-state index in [1.165, 1.54) is 17.8 Å². The second-order valence-corrected chi connectivity index (χ2v) is 8.75. The Bertz CT molecular complexity index is 1440. The number of H-pyrrole nitrogens is 1. The number of aromatic amines is 1. The molecule has 1 aliphatic heterocycles. The van der Waals surface area contributed by atoms with E-state index in [0.29, 0.717) is 21.7 Å². The van der Waals surface area contributed by atoms with Crippen LogP contribution in [0.3, 0.4) is 0 Å². The zero-order valence-corrected chi connectivity index (χ0v) is 19.5. The molecule has 1 aliphatic rings. The zero-order chi connectivity index (χ0) is 24.4. The third-order valence-corrected chi connectivity index (χ3v) is 6.20. The molecule has 0 unspecified atom stereocenters. The van der Waals surface area contributed by atoms with Gasteiger partial charge in [-0.25, -0.2) is 14.7 Å². The molecule has 3 N–H and O–H groups in total. The van der Waals surface area contributed by atoms with Crippen LogP contribution in [0.5, 0.6) is 0 Å². The number of para-hydroxylation sites is 3. The van der Waals surface area contributed by atoms with Crippen LogP contribution in [-0.4, -0.2) is 39.3 Å². The maximum atomic E-state index is 12.8. The molecule has 176 valence electrons. The molecule has 0 saturated carbocycles. The number of aryl methyl sites for hydroxylation is 1. The van der Waals surface area contributed by atoms with Crippen molar-refractivity contribution in [2.24, 2.45) is 0 Å². The predicted octanol–water partition coefficient (Wildman–Crippen LogP) is 4.40. The Morgan fingerprint density at radius 1 is 1.11 bits per heavy atom. The molecule has 0 atom stereocenters. The topological polar surface area (TPSA) is 120 Å². The number of nitrogens with zero attached hydrogens (tertiary/aromatic N) is 2. The lowest BCUT2D eigenvalue weighted by molar-refractivity contribution is -0.127. The highest BCUT2D eigenvalue weighted by Crippen LogP contribution is 2.29. The number of fused-ring (bicyclic) bond motifs is 1. The van der Waals surface area contributed by atoms with Gasteiger partial charge in [0.1, 0.15) is 18.0 Å². The Kier molecular flexibility index (Phi) is 6.11. The summed E-state index contributed by atoms with van der Waals surface area (Å²) >= 11 is 1.31. The number of anilines is 1. The third kappa shape index (κ3) is 4.82. The largest absolute Gasteiger partial charge is 0.450 e. The van der Waals surface area contributed by atoms with E-state index >= 15 is 0 Å². The molecule has 1 saturated heterocycles. The van der Waals surface area contributed by atoms with Gasteiger partial charge in [-0.3, -0.25) is 9.59 Å². The van der Waals surface area contributed by atoms with Crippen LogP contribution in [0.25, 0.3) is 17.1 Å². The predicted molar refractivity (Wildman–Crippen MR) is 132 cm³/mol. The number of amides is 4. The molecule has 4 aromatic rings. The summed E-state index contributed by atoms with van der Waals surface area (Å²) in [6.45, 7) is 1.58. The first-order valence-electron chi connectivity index (χ1n) is 10.9. The van der Waals surface area contributed by atoms with E-state index in [1.54, 1.807) is 18.2 Å². The second-order valence-electron chi connectivity index (χ2n) is 7.76. The molecule has 0 aliphatic carbocycles. The van der Waals surface area contributed by atoms with Crippen LogP contribution in [0, 0.1) is 0 Å². The van der Waals surface area contributed by atoms with Gasteiger partial charge in [-0.15, -0.1) is 0 Å². The molecule has 0 bridgehead atoms. The van der Waals surface area contributed by atoms with Gasteiger partial charge in [-0.05, 0) is 54.1 Å². The van der Waals surface area contributed by atoms with Gasteiger partial charge in [0, 0.05) is 11.8 Å². The molecular formula is C25H21N5O4S. The molecule has 2 aromatic carbocycles. The Labute approximate surface area is 204 Å². The lowest BCUT2D eigenvalue weighted by atomic mass is 10.1. The van der Waals surface area contributed by atoms with E-state index in [4.69, 9.17) is 4.42 Å². The van der Waals surface area contributed by atoms with Crippen LogP contribution in [0.1, 0.15) is 18.2 Å². The minimum atomic E-state index is -0.663. The normalized spacial score (nSPS) is 14.7. The summed E-state index contributed by atoms with van der Waals surface area (Å²) < 4.78 is 5.78. The first-order valence-corrected chi connectivity index (χ1v) is 11.8. The van der Waals surface area contributed by atoms with Gasteiger partial charge in [0.15, 0.2) is 10.2 Å². The molecule has 1 fully saturated rings. The van der Waals surface area contributed by atoms with E-state index in [9.17, 15) is 14.4 Å². The first-order chi connectivity index (χ1) is 17.0. The SMILES string of the molecule is CCc1ccccc1NC(=O)CN1C(=O)N/C(=C/c2ccc(Sc3nc4ccccc4[nH]3)o2)C1=O. The lowest BCUT2D eigenvalue weighted by Crippen LogP contribution is -2.38. The van der Waals surface area contributed by atoms with Gasteiger partial charge in [0.25, 0.3) is 5.91 Å². The fraction of sp³-hybridized carbons (Fsp3) is 0.120. The summed E-state index contributed by atoms with van der Waals surface area (Å²) in [4.78, 5) is 46.2. The summed E-state index contributed by atoms with van der Waals surface area (Å²) in [6, 6.07) is 17.9. The number of furan rings is 1. The molecule has 4 amide bonds. The van der Waals surface area contributed by atoms with Gasteiger partial charge in [0.2, 0.25) is 5.91 Å². The van der Waals surface area contributed by atoms with Crippen molar-refractivity contribution in [3.05, 3.63) is 77.7 Å². The first kappa shape index (κ1) is 22.5. The van der Waals surface area contributed by atoms with Crippen molar-refractivity contribution in [2.75, 3.05) is 11.9 Å². The van der Waals surface area contributed by atoms with Gasteiger partial charge < -0.3 is 20.0 Å². The van der Waals surface area contributed by atoms with E-state index < -0.39 is 24.4 Å². The molecular weight excluding hydrogens is 466 g/mol. The van der Waals surface area contributed by atoms with Gasteiger partial charge in [-0.1, -0.05) is 37.3 Å². The summed E-state index contributed by atoms with van der Waals surface area (Å²) in [5.41, 5.74) is 3.43. The Balaban J connectivity index is 1.24. The fourth-order valence-corrected chi connectivity index (χ4v) is 4.45. The minimum absolute atomic E-state index is 0.0337. The van der Waals surface area contributed by atoms with Crippen molar-refractivity contribution >= 4 is 52.4 Å². The highest BCUT2D eigenvalue weighted by atomic mass is 32.2. The van der Waals surface area contributed by atoms with Crippen LogP contribution in [0.15, 0.2) is 81.0 Å². The minimum Gasteiger partial charge on any atom is -0.450 e. The summed E-state index contributed by atoms with van der Waals surface area (Å²) in [6.07, 6.45) is 2.18. The molecule has 9 nitrogen and oxygen atoms in total. The average molecular weight is 488 g/mol. The van der Waals surface area contributed by atoms with Gasteiger partial charge in [0.05, 0.1) is 11.0 Å². The van der Waals surface area contributed by atoms with Crippen LogP contribution >= 0.6 is 11.8 Å². The number of rotatable bonds is 7. The number of carbonyl (C=O) groups is 3. The third-order valence-electron chi connectivity index (χ3n) is 5.39. The van der Waals surface area contributed by atoms with Gasteiger partial charge in [-0.2, -0.15) is 0 Å². The van der Waals surface area contributed by atoms with Crippen molar-refractivity contribution in [1.82, 2.24) is 20.2 Å². The van der Waals surface area contributed by atoms with Crippen LogP contribution in [-0.2, 0) is 16.0 Å². The maximum Gasteiger partial charge on any atom is 0.329 e. The second kappa shape index (κ2) is 9.51. The monoisotopic (exact) mass is 487 g/mol. The van der Waals surface area contributed by atoms with Gasteiger partial charge >= 0.3 is 6.03 Å². The average Bonchev–Trinajstić information content (AvgIpc) is 3.54. The number of hydrogen-bond donors (Lipinski definition) is 3. The molecule has 10 heteroatoms. The number of aromatic nitrogens is 2. The number of carbonyl (C=O) groups excluding carboxylic acids is 3. The molecule has 3 heterocycles. The smallest absolute Gasteiger partial charge is 0.329 e. The summed E-state index contributed by atoms with van der Waals surface area (Å²) in [5.74, 6) is -0.676. The lowest BCUT2D eigenvalue weighted by Gasteiger charge is -2.13. The standard InChI is InChI=1S/C25H21N5O4S/c1-2-15-7-3-4-8-17(15)26-21(31)14-30-23(32)20(29-25(30)33)13-16-11-12-22(34-16)35-24-27-18-9-5-6-10-19(18)28-24/h3-13H,2,14H2,1H3,(H,26,31)(H,27,28)(H,29,33)/b20-13+. The number of imidazole rings is 1. The summed E-state index contributed by atoms with van der Waals surface area (Å²) in [5, 5.41) is 6.51. The van der Waals surface area contributed by atoms with E-state index in [1.807, 2.05) is 49.4 Å². The van der Waals surface area contributed by atoms with Crippen molar-refractivity contribution in [1.29, 1.82) is 0 Å². The number of benzene rings is 2. The molecule has 2 aromatic heterocycles. The quantitative estimate of drug-likeness (QED) is 0.263. The van der Waals surface area contributed by atoms with E-state index in [0.717, 1.165) is 27.9 Å². The molecule has 0 radical (unpaired) electrons. The Morgan fingerprint density at radius 2 is 1.91 bits per heavy atom. The Morgan fingerprint density at radius 3 is 2.74 bits per heavy atom. The van der Waals surface area contributed by atoms with E-state index in [-0.39, 0.29) is 5.70 Å². The number of imide groups is 1. The molecule has 35 heavy (non-hydrogen) atoms. The maximum absolute atomic E-state index is 12.8. The zero-order valence-electron chi connectivity index (χ0n) is 18.7. The molecule has 5 rings (SSSR count). The van der Waals surface area contributed by atoms with Crippen LogP contribution in [0.2, 0.25) is 0 Å². The highest BCUT2D eigenvalue weighted by Gasteiger charge is 2.35. The fourth-order valence-electron chi connectivity index (χ4n) is 3.68. The van der Waals surface area contributed by atoms with Crippen molar-refractivity contribution in [2.45, 2.75) is 23.6 Å². The number of urea groups is 1. The number of nitrogens with one attached hydrogen (secondary N) is 3. The van der Waals surface area contributed by atoms with Crippen LogP contribution < -0.4 is 10.6 Å². The number of hydrogen-bond acceptors (Lipinski definition) is 6. The van der Waals surface area contributed by atoms with E-state index in [2.05, 4.69) is 20.6 Å². The molecule has 0 spiro atoms. The van der Waals surface area contributed by atoms with Crippen molar-refractivity contribution < 1.29 is 18.8 Å². The summed E-state index contributed by atoms with van der Waals surface area (Å²) in [7, 11) is 0. The Hall–Kier alpha value is -4.31.